The van der Waals surface area contributed by atoms with Crippen LogP contribution in [0.25, 0.3) is 11.2 Å². The summed E-state index contributed by atoms with van der Waals surface area (Å²) < 4.78 is 53.2. The van der Waals surface area contributed by atoms with Gasteiger partial charge in [-0.15, -0.1) is 0 Å². The average Bonchev–Trinajstić information content (AvgIpc) is 3.40. The summed E-state index contributed by atoms with van der Waals surface area (Å²) in [6.07, 6.45) is -2.91. The van der Waals surface area contributed by atoms with Gasteiger partial charge < -0.3 is 24.0 Å². The molecule has 0 unspecified atom stereocenters. The van der Waals surface area contributed by atoms with E-state index in [1.54, 1.807) is 63.2 Å². The van der Waals surface area contributed by atoms with Gasteiger partial charge in [-0.2, -0.15) is 5.09 Å². The number of carbonyl (C=O) groups excluding carboxylic acids is 1. The van der Waals surface area contributed by atoms with E-state index in [1.165, 1.54) is 24.7 Å². The molecular formula is C25H34FN6O7P. The van der Waals surface area contributed by atoms with Crippen LogP contribution in [-0.4, -0.2) is 81.8 Å². The number of rotatable bonds is 11. The molecule has 3 heterocycles. The van der Waals surface area contributed by atoms with Crippen LogP contribution in [0.3, 0.4) is 0 Å². The van der Waals surface area contributed by atoms with E-state index >= 15 is 4.39 Å². The summed E-state index contributed by atoms with van der Waals surface area (Å²) in [4.78, 5) is 27.1. The number of halogens is 1. The first kappa shape index (κ1) is 29.8. The third-order valence-corrected chi connectivity index (χ3v) is 7.92. The molecule has 0 amide bonds. The Labute approximate surface area is 231 Å². The second kappa shape index (κ2) is 11.8. The van der Waals surface area contributed by atoms with Crippen molar-refractivity contribution in [1.29, 1.82) is 0 Å². The summed E-state index contributed by atoms with van der Waals surface area (Å²) in [6, 6.07) is 7.12. The number of imidazole rings is 1. The lowest BCUT2D eigenvalue weighted by atomic mass is 9.98. The van der Waals surface area contributed by atoms with Crippen molar-refractivity contribution in [2.75, 3.05) is 32.2 Å². The Morgan fingerprint density at radius 2 is 2.02 bits per heavy atom. The third kappa shape index (κ3) is 6.11. The Morgan fingerprint density at radius 1 is 1.32 bits per heavy atom. The van der Waals surface area contributed by atoms with Crippen LogP contribution in [0.15, 0.2) is 36.7 Å². The number of aliphatic hydroxyl groups excluding tert-OH is 1. The SMILES string of the molecule is CCOC(=O)[C@@H](C)N[P@@](=O)(OC[C@H]1O[C@@H](n2cnc3c(N(C)C)nc(C)nc32)[C@](C)(F)[C@@H]1O)Oc1ccccc1. The zero-order valence-electron chi connectivity index (χ0n) is 23.1. The molecule has 0 saturated carbocycles. The van der Waals surface area contributed by atoms with Crippen LogP contribution in [0, 0.1) is 6.92 Å². The molecule has 1 fully saturated rings. The van der Waals surface area contributed by atoms with Crippen molar-refractivity contribution >= 4 is 30.7 Å². The lowest BCUT2D eigenvalue weighted by molar-refractivity contribution is -0.144. The van der Waals surface area contributed by atoms with Crippen molar-refractivity contribution in [3.8, 4) is 5.75 Å². The number of aryl methyl sites for hydroxylation is 1. The molecule has 0 bridgehead atoms. The van der Waals surface area contributed by atoms with E-state index in [-0.39, 0.29) is 12.4 Å². The monoisotopic (exact) mass is 580 g/mol. The Bertz CT molecular complexity index is 1390. The molecular weight excluding hydrogens is 546 g/mol. The number of ether oxygens (including phenoxy) is 2. The number of hydrogen-bond donors (Lipinski definition) is 2. The average molecular weight is 581 g/mol. The topological polar surface area (TPSA) is 150 Å². The molecule has 6 atom stereocenters. The fraction of sp³-hybridized carbons (Fsp3) is 0.520. The molecule has 1 aliphatic rings. The van der Waals surface area contributed by atoms with Crippen molar-refractivity contribution in [1.82, 2.24) is 24.6 Å². The fourth-order valence-electron chi connectivity index (χ4n) is 4.28. The highest BCUT2D eigenvalue weighted by molar-refractivity contribution is 7.52. The van der Waals surface area contributed by atoms with E-state index in [9.17, 15) is 14.5 Å². The molecule has 1 saturated heterocycles. The van der Waals surface area contributed by atoms with Gasteiger partial charge in [-0.1, -0.05) is 18.2 Å². The Balaban J connectivity index is 1.58. The van der Waals surface area contributed by atoms with Crippen LogP contribution < -0.4 is 14.5 Å². The van der Waals surface area contributed by atoms with E-state index < -0.39 is 50.5 Å². The molecule has 13 nitrogen and oxygen atoms in total. The van der Waals surface area contributed by atoms with Crippen LogP contribution in [0.5, 0.6) is 5.75 Å². The van der Waals surface area contributed by atoms with Gasteiger partial charge in [0, 0.05) is 14.1 Å². The summed E-state index contributed by atoms with van der Waals surface area (Å²) in [5, 5.41) is 13.4. The smallest absolute Gasteiger partial charge is 0.459 e. The second-order valence-corrected chi connectivity index (χ2v) is 11.4. The molecule has 4 rings (SSSR count). The second-order valence-electron chi connectivity index (χ2n) is 9.74. The normalized spacial score (nSPS) is 24.9. The van der Waals surface area contributed by atoms with Gasteiger partial charge in [-0.3, -0.25) is 13.9 Å². The molecule has 1 aliphatic heterocycles. The van der Waals surface area contributed by atoms with Gasteiger partial charge in [0.05, 0.1) is 19.5 Å². The minimum atomic E-state index is -4.25. The molecule has 15 heteroatoms. The zero-order chi connectivity index (χ0) is 29.2. The predicted molar refractivity (Wildman–Crippen MR) is 144 cm³/mol. The summed E-state index contributed by atoms with van der Waals surface area (Å²) in [6.45, 7) is 5.56. The predicted octanol–water partition coefficient (Wildman–Crippen LogP) is 2.93. The van der Waals surface area contributed by atoms with Crippen LogP contribution in [0.4, 0.5) is 10.2 Å². The van der Waals surface area contributed by atoms with Gasteiger partial charge in [-0.05, 0) is 39.8 Å². The lowest BCUT2D eigenvalue weighted by Crippen LogP contribution is -2.41. The molecule has 2 aromatic heterocycles. The number of nitrogens with one attached hydrogen (secondary N) is 1. The number of aromatic nitrogens is 4. The number of nitrogens with zero attached hydrogens (tertiary/aromatic N) is 5. The van der Waals surface area contributed by atoms with Crippen molar-refractivity contribution in [2.45, 2.75) is 57.8 Å². The Morgan fingerprint density at radius 3 is 2.67 bits per heavy atom. The summed E-state index contributed by atoms with van der Waals surface area (Å²) in [5.74, 6) is 0.517. The van der Waals surface area contributed by atoms with Crippen LogP contribution in [0.2, 0.25) is 0 Å². The largest absolute Gasteiger partial charge is 0.465 e. The van der Waals surface area contributed by atoms with E-state index in [0.717, 1.165) is 0 Å². The van der Waals surface area contributed by atoms with Gasteiger partial charge in [0.25, 0.3) is 0 Å². The molecule has 0 aliphatic carbocycles. The molecule has 3 aromatic rings. The first-order chi connectivity index (χ1) is 18.9. The number of para-hydroxylation sites is 1. The van der Waals surface area contributed by atoms with Crippen LogP contribution >= 0.6 is 7.75 Å². The van der Waals surface area contributed by atoms with Crippen molar-refractivity contribution in [3.63, 3.8) is 0 Å². The highest BCUT2D eigenvalue weighted by Gasteiger charge is 2.56. The first-order valence-corrected chi connectivity index (χ1v) is 14.2. The van der Waals surface area contributed by atoms with Crippen LogP contribution in [0.1, 0.15) is 32.8 Å². The van der Waals surface area contributed by atoms with Gasteiger partial charge in [0.1, 0.15) is 29.8 Å². The summed E-state index contributed by atoms with van der Waals surface area (Å²) in [5.41, 5.74) is -1.56. The van der Waals surface area contributed by atoms with Gasteiger partial charge in [-0.25, -0.2) is 23.9 Å². The van der Waals surface area contributed by atoms with Crippen molar-refractivity contribution < 1.29 is 37.4 Å². The summed E-state index contributed by atoms with van der Waals surface area (Å²) in [7, 11) is -0.647. The van der Waals surface area contributed by atoms with Gasteiger partial charge >= 0.3 is 13.7 Å². The Kier molecular flexibility index (Phi) is 8.76. The number of fused-ring (bicyclic) bond motifs is 1. The standard InChI is InChI=1S/C25H34FN6O7P/c1-7-36-23(34)15(2)30-40(35,39-17-11-9-8-10-12-17)37-13-18-20(33)25(4,26)24(38-18)32-14-27-19-21(31(5)6)28-16(3)29-22(19)32/h8-12,14-15,18,20,24,33H,7,13H2,1-6H3,(H,30,35)/t15-,18-,20-,24-,25-,40-/m1/s1. The maximum Gasteiger partial charge on any atom is 0.459 e. The number of benzene rings is 1. The zero-order valence-corrected chi connectivity index (χ0v) is 24.0. The number of aliphatic hydroxyl groups is 1. The number of hydrogen-bond acceptors (Lipinski definition) is 11. The highest BCUT2D eigenvalue weighted by atomic mass is 31.2. The van der Waals surface area contributed by atoms with E-state index in [1.807, 2.05) is 0 Å². The number of carbonyl (C=O) groups is 1. The quantitative estimate of drug-likeness (QED) is 0.254. The molecule has 0 spiro atoms. The van der Waals surface area contributed by atoms with E-state index in [2.05, 4.69) is 20.0 Å². The first-order valence-electron chi connectivity index (χ1n) is 12.7. The van der Waals surface area contributed by atoms with Crippen LogP contribution in [-0.2, 0) is 23.4 Å². The molecule has 2 N–H and O–H groups in total. The molecule has 40 heavy (non-hydrogen) atoms. The van der Waals surface area contributed by atoms with E-state index in [0.29, 0.717) is 22.8 Å². The lowest BCUT2D eigenvalue weighted by Gasteiger charge is -2.25. The van der Waals surface area contributed by atoms with Crippen molar-refractivity contribution in [2.24, 2.45) is 0 Å². The number of anilines is 1. The van der Waals surface area contributed by atoms with Gasteiger partial charge in [0.2, 0.25) is 0 Å². The highest BCUT2D eigenvalue weighted by Crippen LogP contribution is 2.48. The van der Waals surface area contributed by atoms with Gasteiger partial charge in [0.15, 0.2) is 28.9 Å². The maximum absolute atomic E-state index is 16.0. The number of alkyl halides is 1. The Hall–Kier alpha value is -3.16. The maximum atomic E-state index is 16.0. The molecule has 218 valence electrons. The summed E-state index contributed by atoms with van der Waals surface area (Å²) >= 11 is 0. The fourth-order valence-corrected chi connectivity index (χ4v) is 5.78. The third-order valence-electron chi connectivity index (χ3n) is 6.28. The van der Waals surface area contributed by atoms with Crippen molar-refractivity contribution in [3.05, 3.63) is 42.5 Å². The molecule has 1 aromatic carbocycles. The molecule has 0 radical (unpaired) electrons. The minimum Gasteiger partial charge on any atom is -0.465 e. The minimum absolute atomic E-state index is 0.123. The number of esters is 1. The van der Waals surface area contributed by atoms with E-state index in [4.69, 9.17) is 18.5 Å².